The van der Waals surface area contributed by atoms with Crippen molar-refractivity contribution < 1.29 is 9.90 Å². The molecule has 0 aliphatic carbocycles. The number of carbonyl (C=O) groups is 1. The Labute approximate surface area is 144 Å². The molecule has 1 unspecified atom stereocenters. The van der Waals surface area contributed by atoms with Gasteiger partial charge in [0.1, 0.15) is 6.07 Å². The van der Waals surface area contributed by atoms with Crippen LogP contribution in [0.4, 0.5) is 5.69 Å². The number of aliphatic hydroxyl groups is 1. The lowest BCUT2D eigenvalue weighted by molar-refractivity contribution is 0.101. The van der Waals surface area contributed by atoms with E-state index in [0.29, 0.717) is 32.4 Å². The fourth-order valence-electron chi connectivity index (χ4n) is 2.10. The summed E-state index contributed by atoms with van der Waals surface area (Å²) in [4.78, 5) is 11.4. The minimum Gasteiger partial charge on any atom is -0.387 e. The van der Waals surface area contributed by atoms with Gasteiger partial charge < -0.3 is 10.4 Å². The molecule has 0 aromatic heterocycles. The van der Waals surface area contributed by atoms with Crippen LogP contribution in [0, 0.1) is 11.3 Å². The zero-order valence-electron chi connectivity index (χ0n) is 12.3. The molecule has 0 saturated carbocycles. The maximum Gasteiger partial charge on any atom is 0.159 e. The Morgan fingerprint density at radius 2 is 1.91 bits per heavy atom. The predicted molar refractivity (Wildman–Crippen MR) is 91.1 cm³/mol. The summed E-state index contributed by atoms with van der Waals surface area (Å²) in [6.07, 6.45) is -0.862. The van der Waals surface area contributed by atoms with Crippen LogP contribution in [0.5, 0.6) is 0 Å². The number of hydrogen-bond acceptors (Lipinski definition) is 4. The Balaban J connectivity index is 2.18. The van der Waals surface area contributed by atoms with E-state index in [0.717, 1.165) is 0 Å². The third kappa shape index (κ3) is 4.46. The van der Waals surface area contributed by atoms with E-state index in [1.165, 1.54) is 6.92 Å². The lowest BCUT2D eigenvalue weighted by Gasteiger charge is -2.15. The zero-order valence-corrected chi connectivity index (χ0v) is 13.8. The topological polar surface area (TPSA) is 73.1 Å². The van der Waals surface area contributed by atoms with E-state index in [1.807, 2.05) is 6.07 Å². The molecule has 23 heavy (non-hydrogen) atoms. The highest BCUT2D eigenvalue weighted by Crippen LogP contribution is 2.25. The lowest BCUT2D eigenvalue weighted by atomic mass is 10.1. The molecule has 1 atom stereocenters. The molecule has 4 nitrogen and oxygen atoms in total. The van der Waals surface area contributed by atoms with Gasteiger partial charge in [-0.25, -0.2) is 0 Å². The molecule has 0 aliphatic rings. The number of halogens is 2. The number of hydrogen-bond donors (Lipinski definition) is 2. The number of benzene rings is 2. The molecule has 0 radical (unpaired) electrons. The number of ketones is 1. The fraction of sp³-hybridized carbons (Fsp3) is 0.176. The van der Waals surface area contributed by atoms with Gasteiger partial charge in [-0.2, -0.15) is 5.26 Å². The van der Waals surface area contributed by atoms with Crippen LogP contribution < -0.4 is 5.32 Å². The number of nitrogens with zero attached hydrogens (tertiary/aromatic N) is 1. The van der Waals surface area contributed by atoms with Crippen molar-refractivity contribution in [3.8, 4) is 6.07 Å². The van der Waals surface area contributed by atoms with Crippen LogP contribution in [-0.4, -0.2) is 17.4 Å². The summed E-state index contributed by atoms with van der Waals surface area (Å²) in [5.74, 6) is -0.0975. The van der Waals surface area contributed by atoms with Gasteiger partial charge in [-0.15, -0.1) is 0 Å². The number of nitriles is 1. The number of anilines is 1. The van der Waals surface area contributed by atoms with Gasteiger partial charge in [0, 0.05) is 22.2 Å². The predicted octanol–water partition coefficient (Wildman–Crippen LogP) is 4.21. The second-order valence-electron chi connectivity index (χ2n) is 5.03. The monoisotopic (exact) mass is 348 g/mol. The summed E-state index contributed by atoms with van der Waals surface area (Å²) >= 11 is 11.8. The first kappa shape index (κ1) is 17.3. The van der Waals surface area contributed by atoms with E-state index >= 15 is 0 Å². The van der Waals surface area contributed by atoms with Gasteiger partial charge in [0.15, 0.2) is 5.78 Å². The molecule has 118 valence electrons. The molecular formula is C17H14Cl2N2O2. The Hall–Kier alpha value is -2.06. The van der Waals surface area contributed by atoms with E-state index in [9.17, 15) is 9.90 Å². The lowest BCUT2D eigenvalue weighted by Crippen LogP contribution is -2.13. The van der Waals surface area contributed by atoms with Crippen molar-refractivity contribution in [2.75, 3.05) is 11.9 Å². The first-order valence-corrected chi connectivity index (χ1v) is 7.59. The molecule has 0 fully saturated rings. The van der Waals surface area contributed by atoms with Crippen LogP contribution in [0.15, 0.2) is 36.4 Å². The van der Waals surface area contributed by atoms with Gasteiger partial charge in [-0.1, -0.05) is 23.2 Å². The molecule has 2 aromatic rings. The van der Waals surface area contributed by atoms with Crippen LogP contribution in [0.1, 0.15) is 34.5 Å². The van der Waals surface area contributed by atoms with Crippen molar-refractivity contribution in [2.45, 2.75) is 13.0 Å². The summed E-state index contributed by atoms with van der Waals surface area (Å²) in [5.41, 5.74) is 1.95. The minimum absolute atomic E-state index is 0.0975. The molecule has 2 rings (SSSR count). The van der Waals surface area contributed by atoms with Gasteiger partial charge in [0.05, 0.1) is 17.4 Å². The summed E-state index contributed by atoms with van der Waals surface area (Å²) in [6.45, 7) is 1.60. The molecule has 0 saturated heterocycles. The maximum absolute atomic E-state index is 11.4. The van der Waals surface area contributed by atoms with Gasteiger partial charge in [-0.05, 0) is 48.9 Å². The quantitative estimate of drug-likeness (QED) is 0.793. The smallest absolute Gasteiger partial charge is 0.159 e. The van der Waals surface area contributed by atoms with Gasteiger partial charge in [0.2, 0.25) is 0 Å². The highest BCUT2D eigenvalue weighted by atomic mass is 35.5. The molecule has 0 bridgehead atoms. The number of nitrogens with one attached hydrogen (secondary N) is 1. The van der Waals surface area contributed by atoms with Crippen molar-refractivity contribution in [3.63, 3.8) is 0 Å². The second-order valence-corrected chi connectivity index (χ2v) is 5.90. The minimum atomic E-state index is -0.862. The Bertz CT molecular complexity index is 764. The van der Waals surface area contributed by atoms with Crippen LogP contribution >= 0.6 is 23.2 Å². The highest BCUT2D eigenvalue weighted by Gasteiger charge is 2.12. The van der Waals surface area contributed by atoms with Gasteiger partial charge in [0.25, 0.3) is 0 Å². The summed E-state index contributed by atoms with van der Waals surface area (Å²) in [7, 11) is 0. The SMILES string of the molecule is CC(=O)c1ccc(C#N)c(NCC(O)c2cc(Cl)cc(Cl)c2)c1. The van der Waals surface area contributed by atoms with E-state index in [2.05, 4.69) is 5.32 Å². The Kier molecular flexibility index (Phi) is 5.62. The van der Waals surface area contributed by atoms with Gasteiger partial charge >= 0.3 is 0 Å². The summed E-state index contributed by atoms with van der Waals surface area (Å²) in [5, 5.41) is 23.2. The first-order chi connectivity index (χ1) is 10.9. The van der Waals surface area contributed by atoms with Gasteiger partial charge in [-0.3, -0.25) is 4.79 Å². The Morgan fingerprint density at radius 3 is 2.48 bits per heavy atom. The largest absolute Gasteiger partial charge is 0.387 e. The number of carbonyl (C=O) groups excluding carboxylic acids is 1. The second kappa shape index (κ2) is 7.47. The van der Waals surface area contributed by atoms with Crippen LogP contribution in [0.3, 0.4) is 0 Å². The number of aliphatic hydroxyl groups excluding tert-OH is 1. The molecule has 0 aliphatic heterocycles. The highest BCUT2D eigenvalue weighted by molar-refractivity contribution is 6.34. The third-order valence-electron chi connectivity index (χ3n) is 3.30. The molecule has 2 N–H and O–H groups in total. The molecule has 2 aromatic carbocycles. The standard InChI is InChI=1S/C17H14Cl2N2O2/c1-10(22)11-2-3-12(8-20)16(6-11)21-9-17(23)13-4-14(18)7-15(19)5-13/h2-7,17,21,23H,9H2,1H3. The van der Waals surface area contributed by atoms with Crippen molar-refractivity contribution >= 4 is 34.7 Å². The molecular weight excluding hydrogens is 335 g/mol. The maximum atomic E-state index is 11.4. The zero-order chi connectivity index (χ0) is 17.0. The van der Waals surface area contributed by atoms with E-state index in [4.69, 9.17) is 28.5 Å². The molecule has 0 amide bonds. The number of Topliss-reactive ketones (excluding diaryl/α,β-unsaturated/α-hetero) is 1. The van der Waals surface area contributed by atoms with Crippen molar-refractivity contribution in [3.05, 3.63) is 63.1 Å². The normalized spacial score (nSPS) is 11.6. The van der Waals surface area contributed by atoms with Crippen molar-refractivity contribution in [1.82, 2.24) is 0 Å². The van der Waals surface area contributed by atoms with Crippen molar-refractivity contribution in [2.24, 2.45) is 0 Å². The molecule has 0 spiro atoms. The third-order valence-corrected chi connectivity index (χ3v) is 3.74. The van der Waals surface area contributed by atoms with Crippen LogP contribution in [-0.2, 0) is 0 Å². The van der Waals surface area contributed by atoms with E-state index in [-0.39, 0.29) is 12.3 Å². The van der Waals surface area contributed by atoms with E-state index < -0.39 is 6.10 Å². The fourth-order valence-corrected chi connectivity index (χ4v) is 2.64. The average molecular weight is 349 g/mol. The van der Waals surface area contributed by atoms with E-state index in [1.54, 1.807) is 36.4 Å². The summed E-state index contributed by atoms with van der Waals surface area (Å²) < 4.78 is 0. The summed E-state index contributed by atoms with van der Waals surface area (Å²) in [6, 6.07) is 11.6. The van der Waals surface area contributed by atoms with Crippen LogP contribution in [0.25, 0.3) is 0 Å². The first-order valence-electron chi connectivity index (χ1n) is 6.83. The Morgan fingerprint density at radius 1 is 1.26 bits per heavy atom. The number of rotatable bonds is 5. The molecule has 6 heteroatoms. The van der Waals surface area contributed by atoms with Crippen molar-refractivity contribution in [1.29, 1.82) is 5.26 Å². The average Bonchev–Trinajstić information content (AvgIpc) is 2.51. The molecule has 0 heterocycles. The van der Waals surface area contributed by atoms with Crippen LogP contribution in [0.2, 0.25) is 10.0 Å².